The fourth-order valence-corrected chi connectivity index (χ4v) is 3.94. The Morgan fingerprint density at radius 2 is 1.56 bits per heavy atom. The van der Waals surface area contributed by atoms with Gasteiger partial charge >= 0.3 is 0 Å². The highest BCUT2D eigenvalue weighted by atomic mass is 16.5. The topological polar surface area (TPSA) is 124 Å². The molecule has 194 valence electrons. The van der Waals surface area contributed by atoms with Crippen LogP contribution in [0.5, 0.6) is 17.2 Å². The van der Waals surface area contributed by atoms with Crippen LogP contribution >= 0.6 is 0 Å². The number of ether oxygens (including phenoxy) is 2. The van der Waals surface area contributed by atoms with Gasteiger partial charge in [0, 0.05) is 36.6 Å². The molecule has 0 aliphatic carbocycles. The lowest BCUT2D eigenvalue weighted by molar-refractivity contribution is 0.0957. The van der Waals surface area contributed by atoms with Crippen molar-refractivity contribution in [2.75, 3.05) is 19.5 Å². The van der Waals surface area contributed by atoms with Crippen LogP contribution in [-0.2, 0) is 0 Å². The number of methoxy groups -OCH3 is 1. The van der Waals surface area contributed by atoms with Crippen molar-refractivity contribution in [1.29, 1.82) is 0 Å². The number of pyridine rings is 3. The van der Waals surface area contributed by atoms with E-state index in [0.29, 0.717) is 39.7 Å². The van der Waals surface area contributed by atoms with E-state index in [-0.39, 0.29) is 17.2 Å². The zero-order valence-corrected chi connectivity index (χ0v) is 21.0. The highest BCUT2D eigenvalue weighted by molar-refractivity contribution is 6.05. The van der Waals surface area contributed by atoms with Gasteiger partial charge in [-0.3, -0.25) is 23.9 Å². The van der Waals surface area contributed by atoms with Gasteiger partial charge in [0.2, 0.25) is 0 Å². The number of carbonyl (C=O) groups excluding carboxylic acids is 2. The Hall–Kier alpha value is -5.51. The van der Waals surface area contributed by atoms with Crippen LogP contribution in [0.15, 0.2) is 96.1 Å². The highest BCUT2D eigenvalue weighted by Gasteiger charge is 2.18. The molecule has 0 radical (unpaired) electrons. The third-order valence-electron chi connectivity index (χ3n) is 5.88. The third kappa shape index (κ3) is 5.30. The Kier molecular flexibility index (Phi) is 7.00. The summed E-state index contributed by atoms with van der Waals surface area (Å²) >= 11 is 0. The summed E-state index contributed by atoms with van der Waals surface area (Å²) in [6.07, 6.45) is 3.07. The number of fused-ring (bicyclic) bond motifs is 1. The van der Waals surface area contributed by atoms with Gasteiger partial charge in [-0.25, -0.2) is 4.98 Å². The van der Waals surface area contributed by atoms with E-state index in [2.05, 4.69) is 20.6 Å². The maximum Gasteiger partial charge on any atom is 0.269 e. The van der Waals surface area contributed by atoms with E-state index in [1.54, 1.807) is 80.0 Å². The van der Waals surface area contributed by atoms with Gasteiger partial charge in [0.05, 0.1) is 12.8 Å². The molecule has 0 aliphatic rings. The molecule has 0 saturated carbocycles. The second-order valence-corrected chi connectivity index (χ2v) is 8.35. The van der Waals surface area contributed by atoms with Gasteiger partial charge in [-0.05, 0) is 72.8 Å². The summed E-state index contributed by atoms with van der Waals surface area (Å²) in [6.45, 7) is 0. The van der Waals surface area contributed by atoms with E-state index in [1.165, 1.54) is 29.9 Å². The molecule has 2 amide bonds. The van der Waals surface area contributed by atoms with Crippen LogP contribution in [0, 0.1) is 0 Å². The van der Waals surface area contributed by atoms with Crippen LogP contribution in [0.25, 0.3) is 16.7 Å². The average molecular weight is 522 g/mol. The van der Waals surface area contributed by atoms with E-state index in [9.17, 15) is 14.4 Å². The maximum absolute atomic E-state index is 13.5. The number of hydrogen-bond acceptors (Lipinski definition) is 7. The standard InChI is InChI=1S/C29H23N5O5/c1-30-28(36)25-17-23(13-15-31-25)39-22-9-5-19(6-10-22)33-27(35)24-16-18-4-3-14-32-26(18)34(29(24)37)20-7-11-21(38-2)12-8-20/h3-17H,1-2H3,(H,30,36)(H,33,35). The van der Waals surface area contributed by atoms with Crippen molar-refractivity contribution in [3.63, 3.8) is 0 Å². The summed E-state index contributed by atoms with van der Waals surface area (Å²) in [7, 11) is 3.08. The molecule has 0 bridgehead atoms. The number of rotatable bonds is 7. The molecule has 10 heteroatoms. The van der Waals surface area contributed by atoms with Crippen LogP contribution in [-0.4, -0.2) is 40.5 Å². The van der Waals surface area contributed by atoms with Gasteiger partial charge in [0.25, 0.3) is 17.4 Å². The van der Waals surface area contributed by atoms with Crippen LogP contribution in [0.3, 0.4) is 0 Å². The smallest absolute Gasteiger partial charge is 0.269 e. The molecule has 3 heterocycles. The molecule has 10 nitrogen and oxygen atoms in total. The maximum atomic E-state index is 13.5. The van der Waals surface area contributed by atoms with E-state index >= 15 is 0 Å². The Morgan fingerprint density at radius 1 is 0.821 bits per heavy atom. The fourth-order valence-electron chi connectivity index (χ4n) is 3.94. The number of nitrogens with zero attached hydrogens (tertiary/aromatic N) is 3. The monoisotopic (exact) mass is 521 g/mol. The summed E-state index contributed by atoms with van der Waals surface area (Å²) in [4.78, 5) is 46.9. The number of anilines is 1. The first-order valence-corrected chi connectivity index (χ1v) is 11.9. The van der Waals surface area contributed by atoms with Gasteiger partial charge in [0.15, 0.2) is 0 Å². The van der Waals surface area contributed by atoms with E-state index in [4.69, 9.17) is 9.47 Å². The molecule has 5 aromatic rings. The number of benzene rings is 2. The summed E-state index contributed by atoms with van der Waals surface area (Å²) in [6, 6.07) is 21.8. The van der Waals surface area contributed by atoms with Gasteiger partial charge in [-0.1, -0.05) is 0 Å². The first kappa shape index (κ1) is 25.2. The van der Waals surface area contributed by atoms with Crippen LogP contribution in [0.1, 0.15) is 20.8 Å². The second kappa shape index (κ2) is 10.9. The minimum atomic E-state index is -0.564. The van der Waals surface area contributed by atoms with Gasteiger partial charge in [-0.15, -0.1) is 0 Å². The summed E-state index contributed by atoms with van der Waals surface area (Å²) in [5.74, 6) is 0.672. The molecular weight excluding hydrogens is 498 g/mol. The van der Waals surface area contributed by atoms with Crippen molar-refractivity contribution in [1.82, 2.24) is 19.9 Å². The molecule has 5 rings (SSSR count). The number of aromatic nitrogens is 3. The Morgan fingerprint density at radius 3 is 2.28 bits per heavy atom. The zero-order chi connectivity index (χ0) is 27.4. The van der Waals surface area contributed by atoms with Gasteiger partial charge in [0.1, 0.15) is 34.2 Å². The van der Waals surface area contributed by atoms with Crippen molar-refractivity contribution < 1.29 is 19.1 Å². The molecule has 0 aliphatic heterocycles. The molecule has 0 unspecified atom stereocenters. The number of carbonyl (C=O) groups is 2. The van der Waals surface area contributed by atoms with Gasteiger partial charge < -0.3 is 20.1 Å². The van der Waals surface area contributed by atoms with Crippen molar-refractivity contribution in [3.8, 4) is 22.9 Å². The van der Waals surface area contributed by atoms with E-state index in [1.807, 2.05) is 0 Å². The number of nitrogens with one attached hydrogen (secondary N) is 2. The summed E-state index contributed by atoms with van der Waals surface area (Å²) in [5.41, 5.74) is 1.14. The number of hydrogen-bond donors (Lipinski definition) is 2. The molecule has 39 heavy (non-hydrogen) atoms. The van der Waals surface area contributed by atoms with Crippen molar-refractivity contribution in [3.05, 3.63) is 113 Å². The Labute approximate surface area is 222 Å². The van der Waals surface area contributed by atoms with E-state index in [0.717, 1.165) is 0 Å². The first-order valence-electron chi connectivity index (χ1n) is 11.9. The molecule has 0 spiro atoms. The predicted molar refractivity (Wildman–Crippen MR) is 146 cm³/mol. The van der Waals surface area contributed by atoms with Crippen molar-refractivity contribution in [2.45, 2.75) is 0 Å². The lowest BCUT2D eigenvalue weighted by Gasteiger charge is -2.13. The molecule has 2 aromatic carbocycles. The second-order valence-electron chi connectivity index (χ2n) is 8.35. The quantitative estimate of drug-likeness (QED) is 0.329. The van der Waals surface area contributed by atoms with E-state index < -0.39 is 11.5 Å². The average Bonchev–Trinajstić information content (AvgIpc) is 2.97. The molecule has 2 N–H and O–H groups in total. The Balaban J connectivity index is 1.40. The Bertz CT molecular complexity index is 1730. The largest absolute Gasteiger partial charge is 0.497 e. The molecule has 0 fully saturated rings. The summed E-state index contributed by atoms with van der Waals surface area (Å²) in [5, 5.41) is 5.92. The summed E-state index contributed by atoms with van der Waals surface area (Å²) < 4.78 is 12.4. The normalized spacial score (nSPS) is 10.6. The first-order chi connectivity index (χ1) is 19.0. The number of amides is 2. The molecule has 0 saturated heterocycles. The fraction of sp³-hybridized carbons (Fsp3) is 0.0690. The zero-order valence-electron chi connectivity index (χ0n) is 21.0. The molecular formula is C29H23N5O5. The lowest BCUT2D eigenvalue weighted by atomic mass is 10.1. The van der Waals surface area contributed by atoms with Crippen LogP contribution < -0.4 is 25.7 Å². The predicted octanol–water partition coefficient (Wildman–Crippen LogP) is 4.19. The van der Waals surface area contributed by atoms with Crippen LogP contribution in [0.4, 0.5) is 5.69 Å². The molecule has 0 atom stereocenters. The molecule has 3 aromatic heterocycles. The lowest BCUT2D eigenvalue weighted by Crippen LogP contribution is -2.29. The third-order valence-corrected chi connectivity index (χ3v) is 5.88. The van der Waals surface area contributed by atoms with Crippen molar-refractivity contribution in [2.24, 2.45) is 0 Å². The minimum absolute atomic E-state index is 0.0369. The minimum Gasteiger partial charge on any atom is -0.497 e. The highest BCUT2D eigenvalue weighted by Crippen LogP contribution is 2.24. The van der Waals surface area contributed by atoms with Crippen LogP contribution in [0.2, 0.25) is 0 Å². The SMILES string of the molecule is CNC(=O)c1cc(Oc2ccc(NC(=O)c3cc4cccnc4n(-c4ccc(OC)cc4)c3=O)cc2)ccn1. The van der Waals surface area contributed by atoms with Gasteiger partial charge in [-0.2, -0.15) is 0 Å². The van der Waals surface area contributed by atoms with Crippen molar-refractivity contribution >= 4 is 28.5 Å².